The summed E-state index contributed by atoms with van der Waals surface area (Å²) in [5.74, 6) is -0.729. The molecule has 0 unspecified atom stereocenters. The van der Waals surface area contributed by atoms with Crippen molar-refractivity contribution in [3.63, 3.8) is 0 Å². The van der Waals surface area contributed by atoms with Crippen LogP contribution in [-0.4, -0.2) is 5.91 Å². The molecular formula is C15H14FNO. The normalized spacial score (nSPS) is 10.2. The molecule has 0 radical (unpaired) electrons. The molecule has 18 heavy (non-hydrogen) atoms. The molecule has 2 aromatic rings. The van der Waals surface area contributed by atoms with Gasteiger partial charge in [-0.3, -0.25) is 4.79 Å². The largest absolute Gasteiger partial charge is 0.319 e. The number of anilines is 1. The van der Waals surface area contributed by atoms with E-state index >= 15 is 0 Å². The van der Waals surface area contributed by atoms with Crippen LogP contribution in [-0.2, 0) is 0 Å². The van der Waals surface area contributed by atoms with Crippen LogP contribution in [0.15, 0.2) is 42.5 Å². The maximum atomic E-state index is 13.6. The summed E-state index contributed by atoms with van der Waals surface area (Å²) in [6.07, 6.45) is 0. The van der Waals surface area contributed by atoms with Gasteiger partial charge in [-0.2, -0.15) is 0 Å². The highest BCUT2D eigenvalue weighted by Crippen LogP contribution is 2.16. The van der Waals surface area contributed by atoms with Crippen molar-refractivity contribution >= 4 is 11.6 Å². The Balaban J connectivity index is 2.18. The Morgan fingerprint density at radius 3 is 2.22 bits per heavy atom. The third kappa shape index (κ3) is 2.74. The highest BCUT2D eigenvalue weighted by Gasteiger charge is 2.08. The van der Waals surface area contributed by atoms with Crippen LogP contribution in [0.2, 0.25) is 0 Å². The summed E-state index contributed by atoms with van der Waals surface area (Å²) in [5.41, 5.74) is 2.61. The minimum atomic E-state index is -0.421. The molecule has 0 aromatic heterocycles. The summed E-state index contributed by atoms with van der Waals surface area (Å²) in [4.78, 5) is 11.9. The standard InChI is InChI=1S/C15H14FNO/c1-10-3-6-12(7-4-10)15(18)17-14-8-5-11(2)9-13(14)16/h3-9H,1-2H3,(H,17,18). The summed E-state index contributed by atoms with van der Waals surface area (Å²) in [6, 6.07) is 11.9. The number of hydrogen-bond donors (Lipinski definition) is 1. The minimum absolute atomic E-state index is 0.200. The predicted octanol–water partition coefficient (Wildman–Crippen LogP) is 3.69. The Morgan fingerprint density at radius 1 is 1.00 bits per heavy atom. The molecule has 0 saturated carbocycles. The fourth-order valence-electron chi connectivity index (χ4n) is 1.62. The lowest BCUT2D eigenvalue weighted by Crippen LogP contribution is -2.12. The van der Waals surface area contributed by atoms with Gasteiger partial charge in [0.15, 0.2) is 0 Å². The van der Waals surface area contributed by atoms with Crippen LogP contribution in [0.3, 0.4) is 0 Å². The molecule has 0 aliphatic heterocycles. The third-order valence-electron chi connectivity index (χ3n) is 2.69. The van der Waals surface area contributed by atoms with Gasteiger partial charge in [0.1, 0.15) is 5.82 Å². The number of carbonyl (C=O) groups excluding carboxylic acids is 1. The van der Waals surface area contributed by atoms with Crippen molar-refractivity contribution in [2.24, 2.45) is 0 Å². The first kappa shape index (κ1) is 12.3. The van der Waals surface area contributed by atoms with Gasteiger partial charge in [0.2, 0.25) is 0 Å². The zero-order valence-electron chi connectivity index (χ0n) is 10.3. The first-order valence-corrected chi connectivity index (χ1v) is 5.70. The van der Waals surface area contributed by atoms with Gasteiger partial charge in [-0.15, -0.1) is 0 Å². The van der Waals surface area contributed by atoms with Crippen LogP contribution in [0.25, 0.3) is 0 Å². The van der Waals surface area contributed by atoms with Gasteiger partial charge in [0.25, 0.3) is 5.91 Å². The Hall–Kier alpha value is -2.16. The number of nitrogens with one attached hydrogen (secondary N) is 1. The van der Waals surface area contributed by atoms with E-state index in [4.69, 9.17) is 0 Å². The molecule has 92 valence electrons. The quantitative estimate of drug-likeness (QED) is 0.856. The summed E-state index contributed by atoms with van der Waals surface area (Å²) in [7, 11) is 0. The van der Waals surface area contributed by atoms with Crippen molar-refractivity contribution in [2.75, 3.05) is 5.32 Å². The van der Waals surface area contributed by atoms with E-state index in [0.29, 0.717) is 5.56 Å². The van der Waals surface area contributed by atoms with Crippen LogP contribution >= 0.6 is 0 Å². The van der Waals surface area contributed by atoms with Gasteiger partial charge >= 0.3 is 0 Å². The zero-order chi connectivity index (χ0) is 13.1. The molecule has 0 aliphatic carbocycles. The van der Waals surface area contributed by atoms with E-state index in [1.165, 1.54) is 6.07 Å². The summed E-state index contributed by atoms with van der Waals surface area (Å²) < 4.78 is 13.6. The molecule has 1 amide bonds. The maximum absolute atomic E-state index is 13.6. The Labute approximate surface area is 105 Å². The zero-order valence-corrected chi connectivity index (χ0v) is 10.3. The van der Waals surface area contributed by atoms with Crippen LogP contribution < -0.4 is 5.32 Å². The molecule has 2 aromatic carbocycles. The van der Waals surface area contributed by atoms with Crippen molar-refractivity contribution in [1.29, 1.82) is 0 Å². The molecular weight excluding hydrogens is 229 g/mol. The molecule has 0 aliphatic rings. The van der Waals surface area contributed by atoms with Crippen molar-refractivity contribution in [2.45, 2.75) is 13.8 Å². The monoisotopic (exact) mass is 243 g/mol. The molecule has 0 saturated heterocycles. The average molecular weight is 243 g/mol. The summed E-state index contributed by atoms with van der Waals surface area (Å²) >= 11 is 0. The number of rotatable bonds is 2. The average Bonchev–Trinajstić information content (AvgIpc) is 2.33. The van der Waals surface area contributed by atoms with E-state index in [1.54, 1.807) is 31.2 Å². The highest BCUT2D eigenvalue weighted by molar-refractivity contribution is 6.04. The van der Waals surface area contributed by atoms with E-state index in [1.807, 2.05) is 19.1 Å². The number of hydrogen-bond acceptors (Lipinski definition) is 1. The summed E-state index contributed by atoms with van der Waals surface area (Å²) in [6.45, 7) is 3.75. The van der Waals surface area contributed by atoms with Crippen LogP contribution in [0.5, 0.6) is 0 Å². The molecule has 0 spiro atoms. The molecule has 2 rings (SSSR count). The fraction of sp³-hybridized carbons (Fsp3) is 0.133. The molecule has 2 nitrogen and oxygen atoms in total. The van der Waals surface area contributed by atoms with Crippen molar-refractivity contribution in [1.82, 2.24) is 0 Å². The molecule has 0 atom stereocenters. The second kappa shape index (κ2) is 5.00. The van der Waals surface area contributed by atoms with Gasteiger partial charge in [0.05, 0.1) is 5.69 Å². The van der Waals surface area contributed by atoms with Gasteiger partial charge in [-0.1, -0.05) is 23.8 Å². The predicted molar refractivity (Wildman–Crippen MR) is 70.3 cm³/mol. The van der Waals surface area contributed by atoms with Crippen molar-refractivity contribution < 1.29 is 9.18 Å². The number of aryl methyl sites for hydroxylation is 2. The van der Waals surface area contributed by atoms with Crippen molar-refractivity contribution in [3.8, 4) is 0 Å². The van der Waals surface area contributed by atoms with Gasteiger partial charge in [-0.25, -0.2) is 4.39 Å². The van der Waals surface area contributed by atoms with Gasteiger partial charge in [-0.05, 0) is 43.7 Å². The SMILES string of the molecule is Cc1ccc(C(=O)Nc2ccc(C)cc2F)cc1. The molecule has 1 N–H and O–H groups in total. The molecule has 0 fully saturated rings. The number of halogens is 1. The lowest BCUT2D eigenvalue weighted by molar-refractivity contribution is 0.102. The van der Waals surface area contributed by atoms with E-state index in [0.717, 1.165) is 11.1 Å². The van der Waals surface area contributed by atoms with E-state index < -0.39 is 5.82 Å². The smallest absolute Gasteiger partial charge is 0.255 e. The fourth-order valence-corrected chi connectivity index (χ4v) is 1.62. The lowest BCUT2D eigenvalue weighted by Gasteiger charge is -2.07. The lowest BCUT2D eigenvalue weighted by atomic mass is 10.1. The van der Waals surface area contributed by atoms with Gasteiger partial charge < -0.3 is 5.32 Å². The maximum Gasteiger partial charge on any atom is 0.255 e. The summed E-state index contributed by atoms with van der Waals surface area (Å²) in [5, 5.41) is 2.56. The Kier molecular flexibility index (Phi) is 3.42. The third-order valence-corrected chi connectivity index (χ3v) is 2.69. The number of amides is 1. The first-order valence-electron chi connectivity index (χ1n) is 5.70. The van der Waals surface area contributed by atoms with Crippen LogP contribution in [0.4, 0.5) is 10.1 Å². The second-order valence-corrected chi connectivity index (χ2v) is 4.30. The molecule has 0 heterocycles. The van der Waals surface area contributed by atoms with Crippen LogP contribution in [0, 0.1) is 19.7 Å². The van der Waals surface area contributed by atoms with Crippen LogP contribution in [0.1, 0.15) is 21.5 Å². The van der Waals surface area contributed by atoms with E-state index in [2.05, 4.69) is 5.32 Å². The second-order valence-electron chi connectivity index (χ2n) is 4.30. The Bertz CT molecular complexity index is 576. The molecule has 3 heteroatoms. The van der Waals surface area contributed by atoms with Gasteiger partial charge in [0, 0.05) is 5.56 Å². The topological polar surface area (TPSA) is 29.1 Å². The number of benzene rings is 2. The number of carbonyl (C=O) groups is 1. The first-order chi connectivity index (χ1) is 8.56. The minimum Gasteiger partial charge on any atom is -0.319 e. The van der Waals surface area contributed by atoms with E-state index in [9.17, 15) is 9.18 Å². The highest BCUT2D eigenvalue weighted by atomic mass is 19.1. The Morgan fingerprint density at radius 2 is 1.61 bits per heavy atom. The van der Waals surface area contributed by atoms with Crippen molar-refractivity contribution in [3.05, 3.63) is 65.0 Å². The molecule has 0 bridgehead atoms. The van der Waals surface area contributed by atoms with E-state index in [-0.39, 0.29) is 11.6 Å².